The Morgan fingerprint density at radius 2 is 1.69 bits per heavy atom. The van der Waals surface area contributed by atoms with Crippen LogP contribution >= 0.6 is 0 Å². The number of nitrogens with two attached hydrogens (primary N) is 2. The van der Waals surface area contributed by atoms with E-state index in [4.69, 9.17) is 11.5 Å². The standard InChI is InChI=1S/C28H40N8O3/c1-19(35-17-28(18-35)15-21(29)16-28)14-20-4-6-22(7-5-20)36-9-8-23(32-26(36)39)31-25(38)34-12-10-33(11-13-34)24(37)27(2,3)30/h4-9,19,21H,10-18,29-30H2,1-3H3,(H,31,32,38,39). The van der Waals surface area contributed by atoms with Crippen molar-refractivity contribution in [1.82, 2.24) is 24.3 Å². The van der Waals surface area contributed by atoms with Crippen LogP contribution in [0.5, 0.6) is 0 Å². The van der Waals surface area contributed by atoms with Crippen LogP contribution in [0.1, 0.15) is 39.2 Å². The van der Waals surface area contributed by atoms with Crippen LogP contribution in [-0.4, -0.2) is 93.1 Å². The Kier molecular flexibility index (Phi) is 7.25. The monoisotopic (exact) mass is 536 g/mol. The molecule has 0 radical (unpaired) electrons. The van der Waals surface area contributed by atoms with Gasteiger partial charge in [0.2, 0.25) is 5.91 Å². The molecule has 210 valence electrons. The van der Waals surface area contributed by atoms with Crippen LogP contribution in [0.4, 0.5) is 10.6 Å². The van der Waals surface area contributed by atoms with Gasteiger partial charge in [-0.15, -0.1) is 0 Å². The molecule has 5 rings (SSSR count). The summed E-state index contributed by atoms with van der Waals surface area (Å²) in [5.74, 6) is 0.0482. The summed E-state index contributed by atoms with van der Waals surface area (Å²) in [5, 5.41) is 2.70. The summed E-state index contributed by atoms with van der Waals surface area (Å²) in [6.45, 7) is 9.47. The van der Waals surface area contributed by atoms with E-state index in [1.807, 2.05) is 12.1 Å². The number of urea groups is 1. The average molecular weight is 537 g/mol. The van der Waals surface area contributed by atoms with Crippen LogP contribution in [-0.2, 0) is 11.2 Å². The van der Waals surface area contributed by atoms with E-state index in [9.17, 15) is 14.4 Å². The summed E-state index contributed by atoms with van der Waals surface area (Å²) < 4.78 is 1.46. The highest BCUT2D eigenvalue weighted by Crippen LogP contribution is 2.48. The first-order valence-corrected chi connectivity index (χ1v) is 13.8. The molecule has 5 N–H and O–H groups in total. The highest BCUT2D eigenvalue weighted by Gasteiger charge is 2.51. The molecule has 2 saturated heterocycles. The van der Waals surface area contributed by atoms with E-state index in [1.54, 1.807) is 35.9 Å². The number of anilines is 1. The van der Waals surface area contributed by atoms with E-state index < -0.39 is 11.2 Å². The maximum absolute atomic E-state index is 12.7. The summed E-state index contributed by atoms with van der Waals surface area (Å²) in [6.07, 6.45) is 4.88. The second-order valence-corrected chi connectivity index (χ2v) is 12.2. The van der Waals surface area contributed by atoms with E-state index in [0.717, 1.165) is 38.0 Å². The number of carbonyl (C=O) groups is 2. The Labute approximate surface area is 229 Å². The Morgan fingerprint density at radius 1 is 1.08 bits per heavy atom. The van der Waals surface area contributed by atoms with Crippen LogP contribution in [0, 0.1) is 5.41 Å². The molecule has 1 aromatic heterocycles. The maximum Gasteiger partial charge on any atom is 0.354 e. The van der Waals surface area contributed by atoms with Gasteiger partial charge in [0, 0.05) is 57.5 Å². The second-order valence-electron chi connectivity index (χ2n) is 12.2. The molecule has 2 aromatic rings. The van der Waals surface area contributed by atoms with Gasteiger partial charge in [0.1, 0.15) is 5.82 Å². The van der Waals surface area contributed by atoms with Crippen molar-refractivity contribution in [2.75, 3.05) is 44.6 Å². The van der Waals surface area contributed by atoms with Gasteiger partial charge in [-0.25, -0.2) is 9.59 Å². The minimum atomic E-state index is -0.945. The number of amides is 3. The molecule has 3 heterocycles. The molecule has 1 atom stereocenters. The van der Waals surface area contributed by atoms with Gasteiger partial charge >= 0.3 is 11.7 Å². The number of piperazine rings is 1. The second kappa shape index (κ2) is 10.4. The first kappa shape index (κ1) is 27.3. The molecule has 1 spiro atoms. The van der Waals surface area contributed by atoms with Crippen molar-refractivity contribution in [2.45, 2.75) is 57.7 Å². The highest BCUT2D eigenvalue weighted by atomic mass is 16.2. The Hall–Kier alpha value is -3.28. The molecule has 1 unspecified atom stereocenters. The lowest BCUT2D eigenvalue weighted by molar-refractivity contribution is -0.137. The minimum absolute atomic E-state index is 0.140. The van der Waals surface area contributed by atoms with Crippen molar-refractivity contribution < 1.29 is 9.59 Å². The third-order valence-electron chi connectivity index (χ3n) is 8.28. The van der Waals surface area contributed by atoms with Gasteiger partial charge in [0.15, 0.2) is 0 Å². The van der Waals surface area contributed by atoms with Crippen molar-refractivity contribution in [3.05, 3.63) is 52.6 Å². The molecule has 1 saturated carbocycles. The van der Waals surface area contributed by atoms with Crippen LogP contribution < -0.4 is 22.5 Å². The highest BCUT2D eigenvalue weighted by molar-refractivity contribution is 5.89. The fourth-order valence-corrected chi connectivity index (χ4v) is 6.08. The lowest BCUT2D eigenvalue weighted by Crippen LogP contribution is -2.67. The zero-order valence-electron chi connectivity index (χ0n) is 23.1. The predicted octanol–water partition coefficient (Wildman–Crippen LogP) is 1.00. The molecule has 39 heavy (non-hydrogen) atoms. The van der Waals surface area contributed by atoms with Gasteiger partial charge in [0.05, 0.1) is 11.2 Å². The number of likely N-dealkylation sites (tertiary alicyclic amines) is 1. The van der Waals surface area contributed by atoms with Gasteiger partial charge in [-0.3, -0.25) is 19.6 Å². The topological polar surface area (TPSA) is 143 Å². The molecule has 3 amide bonds. The molecule has 3 aliphatic rings. The molecule has 1 aromatic carbocycles. The van der Waals surface area contributed by atoms with E-state index in [-0.39, 0.29) is 17.8 Å². The first-order valence-electron chi connectivity index (χ1n) is 13.8. The normalized spacial score (nSPS) is 20.3. The van der Waals surface area contributed by atoms with Crippen molar-refractivity contribution in [3.8, 4) is 5.69 Å². The molecule has 2 aliphatic heterocycles. The van der Waals surface area contributed by atoms with Gasteiger partial charge in [-0.1, -0.05) is 12.1 Å². The van der Waals surface area contributed by atoms with Gasteiger partial charge < -0.3 is 21.3 Å². The molecular formula is C28H40N8O3. The smallest absolute Gasteiger partial charge is 0.338 e. The van der Waals surface area contributed by atoms with Crippen LogP contribution in [0.25, 0.3) is 5.69 Å². The summed E-state index contributed by atoms with van der Waals surface area (Å²) in [5.41, 5.74) is 12.9. The van der Waals surface area contributed by atoms with Crippen molar-refractivity contribution in [1.29, 1.82) is 0 Å². The lowest BCUT2D eigenvalue weighted by Gasteiger charge is -2.60. The number of aromatic nitrogens is 2. The molecule has 11 heteroatoms. The Morgan fingerprint density at radius 3 is 2.26 bits per heavy atom. The number of hydrogen-bond donors (Lipinski definition) is 3. The van der Waals surface area contributed by atoms with E-state index in [0.29, 0.717) is 43.7 Å². The van der Waals surface area contributed by atoms with E-state index in [1.165, 1.54) is 10.1 Å². The van der Waals surface area contributed by atoms with Gasteiger partial charge in [0.25, 0.3) is 0 Å². The quantitative estimate of drug-likeness (QED) is 0.500. The number of nitrogens with zero attached hydrogens (tertiary/aromatic N) is 5. The Balaban J connectivity index is 1.13. The molecule has 11 nitrogen and oxygen atoms in total. The summed E-state index contributed by atoms with van der Waals surface area (Å²) in [6, 6.07) is 10.1. The third-order valence-corrected chi connectivity index (χ3v) is 8.28. The predicted molar refractivity (Wildman–Crippen MR) is 150 cm³/mol. The zero-order chi connectivity index (χ0) is 27.9. The van der Waals surface area contributed by atoms with Crippen LogP contribution in [0.3, 0.4) is 0 Å². The molecule has 3 fully saturated rings. The van der Waals surface area contributed by atoms with Crippen LogP contribution in [0.15, 0.2) is 41.3 Å². The Bertz CT molecular complexity index is 1260. The fraction of sp³-hybridized carbons (Fsp3) is 0.571. The van der Waals surface area contributed by atoms with Gasteiger partial charge in [-0.05, 0) is 69.2 Å². The van der Waals surface area contributed by atoms with Crippen molar-refractivity contribution in [2.24, 2.45) is 16.9 Å². The number of carbonyl (C=O) groups excluding carboxylic acids is 2. The van der Waals surface area contributed by atoms with Crippen LogP contribution in [0.2, 0.25) is 0 Å². The third kappa shape index (κ3) is 5.85. The first-order chi connectivity index (χ1) is 18.4. The molecule has 0 bridgehead atoms. The van der Waals surface area contributed by atoms with Crippen molar-refractivity contribution in [3.63, 3.8) is 0 Å². The summed E-state index contributed by atoms with van der Waals surface area (Å²) in [4.78, 5) is 47.7. The van der Waals surface area contributed by atoms with Gasteiger partial charge in [-0.2, -0.15) is 4.98 Å². The number of rotatable bonds is 6. The van der Waals surface area contributed by atoms with Crippen molar-refractivity contribution >= 4 is 17.8 Å². The molecular weight excluding hydrogens is 496 g/mol. The molecule has 1 aliphatic carbocycles. The largest absolute Gasteiger partial charge is 0.354 e. The van der Waals surface area contributed by atoms with E-state index in [2.05, 4.69) is 34.3 Å². The SMILES string of the molecule is CC(Cc1ccc(-n2ccc(NC(=O)N3CCN(C(=O)C(C)(C)N)CC3)nc2=O)cc1)N1CC2(CC(N)C2)C1. The zero-order valence-corrected chi connectivity index (χ0v) is 23.1. The summed E-state index contributed by atoms with van der Waals surface area (Å²) >= 11 is 0. The fourth-order valence-electron chi connectivity index (χ4n) is 6.08. The maximum atomic E-state index is 12.7. The lowest BCUT2D eigenvalue weighted by atomic mass is 9.60. The summed E-state index contributed by atoms with van der Waals surface area (Å²) in [7, 11) is 0. The number of benzene rings is 1. The number of hydrogen-bond acceptors (Lipinski definition) is 7. The average Bonchev–Trinajstić information content (AvgIpc) is 2.85. The van der Waals surface area contributed by atoms with E-state index >= 15 is 0 Å². The minimum Gasteiger partial charge on any atom is -0.338 e. The number of nitrogens with one attached hydrogen (secondary N) is 1.